The summed E-state index contributed by atoms with van der Waals surface area (Å²) in [5.41, 5.74) is 1.56. The van der Waals surface area contributed by atoms with Crippen molar-refractivity contribution in [3.05, 3.63) is 29.8 Å². The van der Waals surface area contributed by atoms with E-state index in [9.17, 15) is 14.4 Å². The highest BCUT2D eigenvalue weighted by Gasteiger charge is 2.35. The van der Waals surface area contributed by atoms with Gasteiger partial charge in [0.05, 0.1) is 6.10 Å². The number of nitrogens with one attached hydrogen (secondary N) is 2. The van der Waals surface area contributed by atoms with E-state index >= 15 is 0 Å². The molecule has 0 saturated carbocycles. The average Bonchev–Trinajstić information content (AvgIpc) is 3.33. The van der Waals surface area contributed by atoms with Crippen LogP contribution in [0.2, 0.25) is 0 Å². The van der Waals surface area contributed by atoms with Gasteiger partial charge in [-0.2, -0.15) is 0 Å². The van der Waals surface area contributed by atoms with Crippen LogP contribution in [-0.4, -0.2) is 55.5 Å². The van der Waals surface area contributed by atoms with Crippen molar-refractivity contribution >= 4 is 23.3 Å². The van der Waals surface area contributed by atoms with Crippen molar-refractivity contribution in [2.45, 2.75) is 58.2 Å². The topological polar surface area (TPSA) is 87.7 Å². The summed E-state index contributed by atoms with van der Waals surface area (Å²) in [5.74, 6) is -0.568. The average molecular weight is 402 g/mol. The monoisotopic (exact) mass is 401 g/mol. The van der Waals surface area contributed by atoms with Gasteiger partial charge in [-0.1, -0.05) is 19.9 Å². The molecule has 2 aliphatic rings. The fourth-order valence-corrected chi connectivity index (χ4v) is 3.88. The van der Waals surface area contributed by atoms with Crippen LogP contribution in [0.1, 0.15) is 50.4 Å². The number of carbonyl (C=O) groups is 3. The standard InChI is InChI=1S/C22H31N3O4/c1-14(2)11-18(22(28)24-20-15(3)29-13-19(20)26)23-21(27)16-7-6-8-17(12-16)25-9-4-5-10-25/h6-8,12,14-15,18,20H,4-5,9-11,13H2,1-3H3,(H,23,27)(H,24,28). The van der Waals surface area contributed by atoms with Gasteiger partial charge >= 0.3 is 0 Å². The summed E-state index contributed by atoms with van der Waals surface area (Å²) in [6.07, 6.45) is 2.45. The van der Waals surface area contributed by atoms with Crippen molar-refractivity contribution in [3.8, 4) is 0 Å². The minimum atomic E-state index is -0.710. The lowest BCUT2D eigenvalue weighted by molar-refractivity contribution is -0.127. The van der Waals surface area contributed by atoms with E-state index in [4.69, 9.17) is 4.74 Å². The zero-order valence-corrected chi connectivity index (χ0v) is 17.4. The minimum absolute atomic E-state index is 0.0105. The zero-order valence-electron chi connectivity index (χ0n) is 17.4. The summed E-state index contributed by atoms with van der Waals surface area (Å²) in [5, 5.41) is 5.62. The van der Waals surface area contributed by atoms with Crippen LogP contribution in [0.15, 0.2) is 24.3 Å². The fourth-order valence-electron chi connectivity index (χ4n) is 3.88. The highest BCUT2D eigenvalue weighted by Crippen LogP contribution is 2.21. The Hall–Kier alpha value is -2.41. The third-order valence-electron chi connectivity index (χ3n) is 5.51. The van der Waals surface area contributed by atoms with Crippen LogP contribution in [0.25, 0.3) is 0 Å². The summed E-state index contributed by atoms with van der Waals surface area (Å²) in [6, 6.07) is 6.15. The van der Waals surface area contributed by atoms with Crippen LogP contribution in [-0.2, 0) is 14.3 Å². The lowest BCUT2D eigenvalue weighted by atomic mass is 10.0. The third kappa shape index (κ3) is 5.35. The van der Waals surface area contributed by atoms with Crippen molar-refractivity contribution in [3.63, 3.8) is 0 Å². The van der Waals surface area contributed by atoms with Crippen LogP contribution in [0, 0.1) is 5.92 Å². The van der Waals surface area contributed by atoms with Crippen molar-refractivity contribution in [2.75, 3.05) is 24.6 Å². The molecule has 3 unspecified atom stereocenters. The minimum Gasteiger partial charge on any atom is -0.372 e. The molecule has 0 bridgehead atoms. The third-order valence-corrected chi connectivity index (χ3v) is 5.51. The van der Waals surface area contributed by atoms with E-state index in [1.54, 1.807) is 13.0 Å². The molecule has 0 aliphatic carbocycles. The SMILES string of the molecule is CC(C)CC(NC(=O)c1cccc(N2CCCC2)c1)C(=O)NC1C(=O)COC1C. The molecule has 2 heterocycles. The van der Waals surface area contributed by atoms with Crippen LogP contribution >= 0.6 is 0 Å². The Morgan fingerprint density at radius 3 is 2.59 bits per heavy atom. The van der Waals surface area contributed by atoms with Gasteiger partial charge in [-0.15, -0.1) is 0 Å². The first-order valence-electron chi connectivity index (χ1n) is 10.5. The second-order valence-corrected chi connectivity index (χ2v) is 8.37. The Balaban J connectivity index is 1.69. The number of hydrogen-bond donors (Lipinski definition) is 2. The second kappa shape index (κ2) is 9.39. The normalized spacial score (nSPS) is 22.8. The van der Waals surface area contributed by atoms with Gasteiger partial charge in [0.25, 0.3) is 5.91 Å². The van der Waals surface area contributed by atoms with E-state index in [0.717, 1.165) is 31.6 Å². The number of hydrogen-bond acceptors (Lipinski definition) is 5. The quantitative estimate of drug-likeness (QED) is 0.729. The summed E-state index contributed by atoms with van der Waals surface area (Å²) in [4.78, 5) is 39.9. The van der Waals surface area contributed by atoms with Crippen LogP contribution < -0.4 is 15.5 Å². The Morgan fingerprint density at radius 2 is 1.97 bits per heavy atom. The first-order chi connectivity index (χ1) is 13.8. The number of ether oxygens (including phenoxy) is 1. The molecule has 0 aromatic heterocycles. The molecular weight excluding hydrogens is 370 g/mol. The first kappa shape index (κ1) is 21.3. The molecule has 2 fully saturated rings. The summed E-state index contributed by atoms with van der Waals surface area (Å²) < 4.78 is 5.30. The lowest BCUT2D eigenvalue weighted by Gasteiger charge is -2.23. The predicted octanol–water partition coefficient (Wildman–Crippen LogP) is 1.90. The first-order valence-corrected chi connectivity index (χ1v) is 10.5. The lowest BCUT2D eigenvalue weighted by Crippen LogP contribution is -2.53. The number of Topliss-reactive ketones (excluding diaryl/α,β-unsaturated/α-hetero) is 1. The maximum atomic E-state index is 12.9. The molecule has 2 aliphatic heterocycles. The number of anilines is 1. The van der Waals surface area contributed by atoms with Gasteiger partial charge in [0.15, 0.2) is 5.78 Å². The van der Waals surface area contributed by atoms with E-state index in [-0.39, 0.29) is 36.2 Å². The zero-order chi connectivity index (χ0) is 21.0. The molecular formula is C22H31N3O4. The number of amides is 2. The van der Waals surface area contributed by atoms with E-state index in [0.29, 0.717) is 12.0 Å². The number of nitrogens with zero attached hydrogens (tertiary/aromatic N) is 1. The molecule has 7 heteroatoms. The summed E-state index contributed by atoms with van der Waals surface area (Å²) >= 11 is 0. The molecule has 3 rings (SSSR count). The van der Waals surface area contributed by atoms with Crippen LogP contribution in [0.3, 0.4) is 0 Å². The molecule has 7 nitrogen and oxygen atoms in total. The molecule has 3 atom stereocenters. The number of rotatable bonds is 7. The van der Waals surface area contributed by atoms with Gasteiger partial charge in [-0.3, -0.25) is 14.4 Å². The van der Waals surface area contributed by atoms with E-state index in [1.165, 1.54) is 0 Å². The second-order valence-electron chi connectivity index (χ2n) is 8.37. The molecule has 158 valence electrons. The maximum absolute atomic E-state index is 12.9. The molecule has 2 amide bonds. The van der Waals surface area contributed by atoms with E-state index in [2.05, 4.69) is 15.5 Å². The van der Waals surface area contributed by atoms with Crippen LogP contribution in [0.5, 0.6) is 0 Å². The molecule has 0 radical (unpaired) electrons. The molecule has 0 spiro atoms. The van der Waals surface area contributed by atoms with Crippen molar-refractivity contribution in [1.82, 2.24) is 10.6 Å². The number of benzene rings is 1. The molecule has 1 aromatic rings. The van der Waals surface area contributed by atoms with Crippen LogP contribution in [0.4, 0.5) is 5.69 Å². The van der Waals surface area contributed by atoms with Crippen molar-refractivity contribution < 1.29 is 19.1 Å². The van der Waals surface area contributed by atoms with E-state index < -0.39 is 12.1 Å². The van der Waals surface area contributed by atoms with Gasteiger partial charge in [0, 0.05) is 24.3 Å². The van der Waals surface area contributed by atoms with Gasteiger partial charge in [-0.25, -0.2) is 0 Å². The molecule has 29 heavy (non-hydrogen) atoms. The molecule has 1 aromatic carbocycles. The highest BCUT2D eigenvalue weighted by atomic mass is 16.5. The summed E-state index contributed by atoms with van der Waals surface area (Å²) in [7, 11) is 0. The van der Waals surface area contributed by atoms with Crippen molar-refractivity contribution in [1.29, 1.82) is 0 Å². The molecule has 2 saturated heterocycles. The Bertz CT molecular complexity index is 758. The maximum Gasteiger partial charge on any atom is 0.252 e. The van der Waals surface area contributed by atoms with Gasteiger partial charge in [-0.05, 0) is 50.3 Å². The smallest absolute Gasteiger partial charge is 0.252 e. The number of ketones is 1. The number of carbonyl (C=O) groups excluding carboxylic acids is 3. The van der Waals surface area contributed by atoms with E-state index in [1.807, 2.05) is 32.0 Å². The molecule has 2 N–H and O–H groups in total. The van der Waals surface area contributed by atoms with Gasteiger partial charge in [0.2, 0.25) is 5.91 Å². The largest absolute Gasteiger partial charge is 0.372 e. The predicted molar refractivity (Wildman–Crippen MR) is 111 cm³/mol. The Labute approximate surface area is 172 Å². The fraction of sp³-hybridized carbons (Fsp3) is 0.591. The summed E-state index contributed by atoms with van der Waals surface area (Å²) in [6.45, 7) is 7.75. The van der Waals surface area contributed by atoms with Gasteiger partial charge in [0.1, 0.15) is 18.7 Å². The van der Waals surface area contributed by atoms with Crippen molar-refractivity contribution in [2.24, 2.45) is 5.92 Å². The Morgan fingerprint density at radius 1 is 1.24 bits per heavy atom. The van der Waals surface area contributed by atoms with Gasteiger partial charge < -0.3 is 20.3 Å². The Kier molecular flexibility index (Phi) is 6.90. The highest BCUT2D eigenvalue weighted by molar-refractivity contribution is 5.99.